The molecule has 0 unspecified atom stereocenters. The Balaban J connectivity index is 2.24. The number of hydrogen-bond donors (Lipinski definition) is 3. The van der Waals surface area contributed by atoms with Crippen molar-refractivity contribution in [1.82, 2.24) is 10.3 Å². The third-order valence-electron chi connectivity index (χ3n) is 3.77. The Morgan fingerprint density at radius 2 is 1.89 bits per heavy atom. The summed E-state index contributed by atoms with van der Waals surface area (Å²) in [6.07, 6.45) is 1.84. The first kappa shape index (κ1) is 13.6. The largest absolute Gasteiger partial charge is 0.388 e. The molecule has 1 aromatic carbocycles. The maximum absolute atomic E-state index is 12.2. The molecule has 0 saturated carbocycles. The normalized spacial score (nSPS) is 12.7. The van der Waals surface area contributed by atoms with Gasteiger partial charge in [-0.2, -0.15) is 0 Å². The molecule has 2 aromatic rings. The Bertz CT molecular complexity index is 606. The lowest BCUT2D eigenvalue weighted by molar-refractivity contribution is -0.00292. The number of benzene rings is 1. The van der Waals surface area contributed by atoms with Gasteiger partial charge in [0.25, 0.3) is 5.91 Å². The molecule has 0 aliphatic rings. The van der Waals surface area contributed by atoms with Crippen LogP contribution in [0.4, 0.5) is 0 Å². The van der Waals surface area contributed by atoms with Crippen LogP contribution in [0.25, 0.3) is 10.9 Å². The van der Waals surface area contributed by atoms with Crippen molar-refractivity contribution in [1.29, 1.82) is 0 Å². The van der Waals surface area contributed by atoms with Crippen LogP contribution in [0.5, 0.6) is 0 Å². The molecule has 0 fully saturated rings. The minimum absolute atomic E-state index is 0.185. The molecule has 2 rings (SSSR count). The van der Waals surface area contributed by atoms with Crippen molar-refractivity contribution in [2.45, 2.75) is 38.8 Å². The van der Waals surface area contributed by atoms with Crippen molar-refractivity contribution in [2.24, 2.45) is 0 Å². The number of nitrogens with one attached hydrogen (secondary N) is 2. The van der Waals surface area contributed by atoms with Crippen LogP contribution in [0.2, 0.25) is 0 Å². The van der Waals surface area contributed by atoms with Gasteiger partial charge in [0.15, 0.2) is 0 Å². The van der Waals surface area contributed by atoms with Gasteiger partial charge in [-0.3, -0.25) is 4.79 Å². The molecule has 4 heteroatoms. The summed E-state index contributed by atoms with van der Waals surface area (Å²) in [6.45, 7) is 6.98. The zero-order chi connectivity index (χ0) is 14.3. The fourth-order valence-electron chi connectivity index (χ4n) is 1.70. The molecule has 4 nitrogen and oxygen atoms in total. The molecule has 102 valence electrons. The van der Waals surface area contributed by atoms with Crippen LogP contribution in [-0.2, 0) is 0 Å². The summed E-state index contributed by atoms with van der Waals surface area (Å²) in [7, 11) is 0. The van der Waals surface area contributed by atoms with Gasteiger partial charge in [-0.25, -0.2) is 0 Å². The molecule has 0 radical (unpaired) electrons. The summed E-state index contributed by atoms with van der Waals surface area (Å²) in [5.41, 5.74) is -0.124. The predicted molar refractivity (Wildman–Crippen MR) is 76.1 cm³/mol. The van der Waals surface area contributed by atoms with Crippen LogP contribution in [0.15, 0.2) is 30.5 Å². The number of carbonyl (C=O) groups excluding carboxylic acids is 1. The summed E-state index contributed by atoms with van der Waals surface area (Å²) in [6, 6.07) is 7.41. The van der Waals surface area contributed by atoms with E-state index in [0.29, 0.717) is 5.56 Å². The molecule has 1 amide bonds. The SMILES string of the molecule is CC(C)(O)C(C)(C)NC(=O)c1ccc2[nH]ccc2c1. The van der Waals surface area contributed by atoms with Crippen LogP contribution in [0.1, 0.15) is 38.1 Å². The molecule has 0 atom stereocenters. The van der Waals surface area contributed by atoms with Crippen molar-refractivity contribution in [3.8, 4) is 0 Å². The van der Waals surface area contributed by atoms with E-state index in [-0.39, 0.29) is 5.91 Å². The summed E-state index contributed by atoms with van der Waals surface area (Å²) < 4.78 is 0. The number of amides is 1. The summed E-state index contributed by atoms with van der Waals surface area (Å²) in [4.78, 5) is 15.3. The number of carbonyl (C=O) groups is 1. The third-order valence-corrected chi connectivity index (χ3v) is 3.77. The highest BCUT2D eigenvalue weighted by atomic mass is 16.3. The predicted octanol–water partition coefficient (Wildman–Crippen LogP) is 2.45. The Morgan fingerprint density at radius 3 is 2.53 bits per heavy atom. The van der Waals surface area contributed by atoms with Gasteiger partial charge < -0.3 is 15.4 Å². The summed E-state index contributed by atoms with van der Waals surface area (Å²) >= 11 is 0. The Hall–Kier alpha value is -1.81. The van der Waals surface area contributed by atoms with E-state index >= 15 is 0 Å². The van der Waals surface area contributed by atoms with Crippen LogP contribution >= 0.6 is 0 Å². The molecule has 3 N–H and O–H groups in total. The monoisotopic (exact) mass is 260 g/mol. The average molecular weight is 260 g/mol. The van der Waals surface area contributed by atoms with Gasteiger partial charge in [0.05, 0.1) is 11.1 Å². The van der Waals surface area contributed by atoms with Crippen LogP contribution in [-0.4, -0.2) is 27.1 Å². The number of fused-ring (bicyclic) bond motifs is 1. The first-order valence-corrected chi connectivity index (χ1v) is 6.33. The van der Waals surface area contributed by atoms with Crippen LogP contribution < -0.4 is 5.32 Å². The number of aliphatic hydroxyl groups is 1. The van der Waals surface area contributed by atoms with E-state index in [4.69, 9.17) is 0 Å². The number of H-pyrrole nitrogens is 1. The average Bonchev–Trinajstić information content (AvgIpc) is 2.73. The molecule has 19 heavy (non-hydrogen) atoms. The molecular weight excluding hydrogens is 240 g/mol. The lowest BCUT2D eigenvalue weighted by Gasteiger charge is -2.38. The molecule has 0 saturated heterocycles. The Labute approximate surface area is 112 Å². The molecular formula is C15H20N2O2. The maximum atomic E-state index is 12.2. The van der Waals surface area contributed by atoms with Gasteiger partial charge in [-0.05, 0) is 52.0 Å². The lowest BCUT2D eigenvalue weighted by atomic mass is 9.85. The van der Waals surface area contributed by atoms with Gasteiger partial charge in [-0.1, -0.05) is 0 Å². The highest BCUT2D eigenvalue weighted by Crippen LogP contribution is 2.22. The summed E-state index contributed by atoms with van der Waals surface area (Å²) in [5.74, 6) is -0.185. The third kappa shape index (κ3) is 2.63. The Kier molecular flexibility index (Phi) is 3.14. The second kappa shape index (κ2) is 4.38. The second-order valence-electron chi connectivity index (χ2n) is 5.92. The molecule has 0 aliphatic heterocycles. The van der Waals surface area contributed by atoms with E-state index in [1.54, 1.807) is 33.8 Å². The first-order chi connectivity index (χ1) is 8.71. The van der Waals surface area contributed by atoms with Gasteiger partial charge in [0.1, 0.15) is 0 Å². The highest BCUT2D eigenvalue weighted by molar-refractivity contribution is 5.98. The standard InChI is InChI=1S/C15H20N2O2/c1-14(2,15(3,4)19)17-13(18)11-5-6-12-10(9-11)7-8-16-12/h5-9,16,19H,1-4H3,(H,17,18). The zero-order valence-electron chi connectivity index (χ0n) is 11.7. The van der Waals surface area contributed by atoms with Crippen molar-refractivity contribution in [2.75, 3.05) is 0 Å². The van der Waals surface area contributed by atoms with Gasteiger partial charge >= 0.3 is 0 Å². The molecule has 0 aliphatic carbocycles. The van der Waals surface area contributed by atoms with E-state index in [1.807, 2.05) is 24.4 Å². The highest BCUT2D eigenvalue weighted by Gasteiger charge is 2.36. The first-order valence-electron chi connectivity index (χ1n) is 6.33. The number of hydrogen-bond acceptors (Lipinski definition) is 2. The van der Waals surface area contributed by atoms with Crippen molar-refractivity contribution < 1.29 is 9.90 Å². The minimum atomic E-state index is -0.999. The molecule has 1 heterocycles. The smallest absolute Gasteiger partial charge is 0.251 e. The quantitative estimate of drug-likeness (QED) is 0.793. The van der Waals surface area contributed by atoms with Gasteiger partial charge in [0.2, 0.25) is 0 Å². The van der Waals surface area contributed by atoms with Crippen LogP contribution in [0, 0.1) is 0 Å². The van der Waals surface area contributed by atoms with E-state index in [2.05, 4.69) is 10.3 Å². The lowest BCUT2D eigenvalue weighted by Crippen LogP contribution is -2.57. The van der Waals surface area contributed by atoms with Gasteiger partial charge in [0, 0.05) is 22.7 Å². The fourth-order valence-corrected chi connectivity index (χ4v) is 1.70. The topological polar surface area (TPSA) is 65.1 Å². The maximum Gasteiger partial charge on any atom is 0.251 e. The number of aromatic nitrogens is 1. The van der Waals surface area contributed by atoms with E-state index in [9.17, 15) is 9.90 Å². The van der Waals surface area contributed by atoms with Crippen molar-refractivity contribution >= 4 is 16.8 Å². The second-order valence-corrected chi connectivity index (χ2v) is 5.92. The van der Waals surface area contributed by atoms with Crippen molar-refractivity contribution in [3.63, 3.8) is 0 Å². The molecule has 0 spiro atoms. The fraction of sp³-hybridized carbons (Fsp3) is 0.400. The molecule has 1 aromatic heterocycles. The number of rotatable bonds is 3. The zero-order valence-corrected chi connectivity index (χ0v) is 11.7. The minimum Gasteiger partial charge on any atom is -0.388 e. The van der Waals surface area contributed by atoms with Crippen LogP contribution in [0.3, 0.4) is 0 Å². The van der Waals surface area contributed by atoms with E-state index in [0.717, 1.165) is 10.9 Å². The Morgan fingerprint density at radius 1 is 1.21 bits per heavy atom. The van der Waals surface area contributed by atoms with Crippen molar-refractivity contribution in [3.05, 3.63) is 36.0 Å². The molecule has 0 bridgehead atoms. The summed E-state index contributed by atoms with van der Waals surface area (Å²) in [5, 5.41) is 13.9. The van der Waals surface area contributed by atoms with E-state index in [1.165, 1.54) is 0 Å². The van der Waals surface area contributed by atoms with Gasteiger partial charge in [-0.15, -0.1) is 0 Å². The van der Waals surface area contributed by atoms with E-state index < -0.39 is 11.1 Å². The number of aromatic amines is 1.